The topological polar surface area (TPSA) is 67.9 Å². The number of carbonyl (C=O) groups excluding carboxylic acids is 2. The van der Waals surface area contributed by atoms with Crippen molar-refractivity contribution >= 4 is 23.2 Å². The highest BCUT2D eigenvalue weighted by Gasteiger charge is 2.24. The molecule has 0 saturated carbocycles. The van der Waals surface area contributed by atoms with Crippen molar-refractivity contribution in [3.05, 3.63) is 52.2 Å². The van der Waals surface area contributed by atoms with Crippen LogP contribution in [-0.4, -0.2) is 56.7 Å². The van der Waals surface area contributed by atoms with Crippen molar-refractivity contribution in [1.29, 1.82) is 0 Å². The van der Waals surface area contributed by atoms with Crippen LogP contribution in [0.25, 0.3) is 0 Å². The van der Waals surface area contributed by atoms with E-state index in [4.69, 9.17) is 9.47 Å². The second-order valence-electron chi connectivity index (χ2n) is 7.10. The van der Waals surface area contributed by atoms with Crippen molar-refractivity contribution < 1.29 is 19.1 Å². The van der Waals surface area contributed by atoms with Crippen molar-refractivity contribution in [3.8, 4) is 5.75 Å². The zero-order valence-electron chi connectivity index (χ0n) is 16.8. The fourth-order valence-electron chi connectivity index (χ4n) is 3.45. The average Bonchev–Trinajstić information content (AvgIpc) is 3.27. The Kier molecular flexibility index (Phi) is 8.07. The largest absolute Gasteiger partial charge is 0.492 e. The summed E-state index contributed by atoms with van der Waals surface area (Å²) in [5.41, 5.74) is 0.482. The Balaban J connectivity index is 1.32. The molecular weight excluding hydrogens is 388 g/mol. The lowest BCUT2D eigenvalue weighted by Crippen LogP contribution is -2.42. The normalized spacial score (nSPS) is 15.1. The molecule has 0 spiro atoms. The Hall–Kier alpha value is -2.38. The zero-order valence-corrected chi connectivity index (χ0v) is 17.6. The molecule has 2 aromatic rings. The first-order chi connectivity index (χ1) is 14.2. The predicted molar refractivity (Wildman–Crippen MR) is 113 cm³/mol. The predicted octanol–water partition coefficient (Wildman–Crippen LogP) is 2.98. The third kappa shape index (κ3) is 6.58. The van der Waals surface area contributed by atoms with Gasteiger partial charge in [0.25, 0.3) is 0 Å². The summed E-state index contributed by atoms with van der Waals surface area (Å²) in [7, 11) is 1.36. The number of nitrogens with one attached hydrogen (secondary N) is 1. The van der Waals surface area contributed by atoms with Gasteiger partial charge in [-0.2, -0.15) is 0 Å². The summed E-state index contributed by atoms with van der Waals surface area (Å²) in [6.07, 6.45) is 2.65. The van der Waals surface area contributed by atoms with Crippen molar-refractivity contribution in [3.63, 3.8) is 0 Å². The number of thiophene rings is 1. The van der Waals surface area contributed by atoms with Crippen LogP contribution in [0, 0.1) is 5.92 Å². The van der Waals surface area contributed by atoms with Gasteiger partial charge in [0.05, 0.1) is 12.7 Å². The number of ether oxygens (including phenoxy) is 2. The smallest absolute Gasteiger partial charge is 0.337 e. The van der Waals surface area contributed by atoms with Gasteiger partial charge in [0.15, 0.2) is 0 Å². The first kappa shape index (κ1) is 21.3. The molecule has 1 aromatic heterocycles. The van der Waals surface area contributed by atoms with Crippen LogP contribution in [0.4, 0.5) is 0 Å². The first-order valence-corrected chi connectivity index (χ1v) is 10.9. The number of carbonyl (C=O) groups is 2. The van der Waals surface area contributed by atoms with E-state index in [1.807, 2.05) is 12.1 Å². The maximum atomic E-state index is 12.4. The average molecular weight is 417 g/mol. The summed E-state index contributed by atoms with van der Waals surface area (Å²) < 4.78 is 10.5. The minimum atomic E-state index is -0.369. The summed E-state index contributed by atoms with van der Waals surface area (Å²) >= 11 is 1.73. The number of hydrogen-bond acceptors (Lipinski definition) is 6. The van der Waals surface area contributed by atoms with Gasteiger partial charge in [-0.15, -0.1) is 11.3 Å². The van der Waals surface area contributed by atoms with E-state index in [0.29, 0.717) is 24.5 Å². The molecule has 0 unspecified atom stereocenters. The van der Waals surface area contributed by atoms with Gasteiger partial charge >= 0.3 is 5.97 Å². The summed E-state index contributed by atoms with van der Waals surface area (Å²) in [6.45, 7) is 3.85. The van der Waals surface area contributed by atoms with Gasteiger partial charge in [-0.3, -0.25) is 9.69 Å². The Labute approximate surface area is 175 Å². The third-order valence-electron chi connectivity index (χ3n) is 5.14. The van der Waals surface area contributed by atoms with Gasteiger partial charge in [-0.25, -0.2) is 4.79 Å². The maximum Gasteiger partial charge on any atom is 0.337 e. The van der Waals surface area contributed by atoms with Crippen molar-refractivity contribution in [2.75, 3.05) is 39.9 Å². The van der Waals surface area contributed by atoms with Crippen LogP contribution in [0.5, 0.6) is 5.75 Å². The van der Waals surface area contributed by atoms with E-state index in [0.717, 1.165) is 38.9 Å². The number of likely N-dealkylation sites (tertiary alicyclic amines) is 1. The fraction of sp³-hybridized carbons (Fsp3) is 0.455. The Bertz CT molecular complexity index is 786. The highest BCUT2D eigenvalue weighted by molar-refractivity contribution is 7.09. The standard InChI is InChI=1S/C22H28N2O4S/c1-27-22(26)18-4-2-5-19(16-18)28-14-13-24-11-8-17(9-12-24)21(25)23-10-7-20-6-3-15-29-20/h2-6,15-17H,7-14H2,1H3,(H,23,25). The second-order valence-corrected chi connectivity index (χ2v) is 8.14. The minimum Gasteiger partial charge on any atom is -0.492 e. The van der Waals surface area contributed by atoms with Gasteiger partial charge in [-0.05, 0) is 62.0 Å². The van der Waals surface area contributed by atoms with Crippen LogP contribution < -0.4 is 10.1 Å². The molecule has 1 aromatic carbocycles. The molecule has 1 amide bonds. The highest BCUT2D eigenvalue weighted by atomic mass is 32.1. The van der Waals surface area contributed by atoms with E-state index in [1.54, 1.807) is 29.5 Å². The third-order valence-corrected chi connectivity index (χ3v) is 6.08. The molecule has 0 aliphatic carbocycles. The van der Waals surface area contributed by atoms with Gasteiger partial charge in [0.2, 0.25) is 5.91 Å². The monoisotopic (exact) mass is 416 g/mol. The summed E-state index contributed by atoms with van der Waals surface area (Å²) in [5, 5.41) is 5.14. The molecule has 1 fully saturated rings. The fourth-order valence-corrected chi connectivity index (χ4v) is 4.16. The van der Waals surface area contributed by atoms with E-state index in [-0.39, 0.29) is 17.8 Å². The van der Waals surface area contributed by atoms with Crippen LogP contribution >= 0.6 is 11.3 Å². The molecule has 1 N–H and O–H groups in total. The Morgan fingerprint density at radius 2 is 2.03 bits per heavy atom. The van der Waals surface area contributed by atoms with Crippen molar-refractivity contribution in [1.82, 2.24) is 10.2 Å². The van der Waals surface area contributed by atoms with Crippen LogP contribution in [-0.2, 0) is 16.0 Å². The maximum absolute atomic E-state index is 12.4. The molecule has 0 atom stereocenters. The van der Waals surface area contributed by atoms with Crippen molar-refractivity contribution in [2.45, 2.75) is 19.3 Å². The number of amides is 1. The molecule has 0 bridgehead atoms. The lowest BCUT2D eigenvalue weighted by atomic mass is 9.96. The Morgan fingerprint density at radius 3 is 2.76 bits per heavy atom. The lowest BCUT2D eigenvalue weighted by molar-refractivity contribution is -0.126. The number of benzene rings is 1. The number of esters is 1. The van der Waals surface area contributed by atoms with Gasteiger partial charge < -0.3 is 14.8 Å². The van der Waals surface area contributed by atoms with Gasteiger partial charge in [-0.1, -0.05) is 12.1 Å². The van der Waals surface area contributed by atoms with E-state index in [1.165, 1.54) is 12.0 Å². The SMILES string of the molecule is COC(=O)c1cccc(OCCN2CCC(C(=O)NCCc3cccs3)CC2)c1. The molecule has 1 aliphatic rings. The summed E-state index contributed by atoms with van der Waals surface area (Å²) in [4.78, 5) is 27.6. The van der Waals surface area contributed by atoms with E-state index < -0.39 is 0 Å². The number of nitrogens with zero attached hydrogens (tertiary/aromatic N) is 1. The first-order valence-electron chi connectivity index (χ1n) is 9.99. The highest BCUT2D eigenvalue weighted by Crippen LogP contribution is 2.18. The number of rotatable bonds is 9. The molecule has 3 rings (SSSR count). The van der Waals surface area contributed by atoms with E-state index in [2.05, 4.69) is 21.7 Å². The van der Waals surface area contributed by atoms with Crippen LogP contribution in [0.2, 0.25) is 0 Å². The number of hydrogen-bond donors (Lipinski definition) is 1. The number of piperidine rings is 1. The molecule has 6 nitrogen and oxygen atoms in total. The summed E-state index contributed by atoms with van der Waals surface area (Å²) in [6, 6.07) is 11.1. The Morgan fingerprint density at radius 1 is 1.21 bits per heavy atom. The van der Waals surface area contributed by atoms with E-state index in [9.17, 15) is 9.59 Å². The van der Waals surface area contributed by atoms with Crippen LogP contribution in [0.15, 0.2) is 41.8 Å². The molecule has 2 heterocycles. The van der Waals surface area contributed by atoms with Crippen LogP contribution in [0.1, 0.15) is 28.1 Å². The molecule has 7 heteroatoms. The molecule has 156 valence electrons. The summed E-state index contributed by atoms with van der Waals surface area (Å²) in [5.74, 6) is 0.573. The molecule has 29 heavy (non-hydrogen) atoms. The number of methoxy groups -OCH3 is 1. The zero-order chi connectivity index (χ0) is 20.5. The van der Waals surface area contributed by atoms with E-state index >= 15 is 0 Å². The second kappa shape index (κ2) is 11.0. The molecule has 0 radical (unpaired) electrons. The molecule has 1 aliphatic heterocycles. The molecular formula is C22H28N2O4S. The van der Waals surface area contributed by atoms with Gasteiger partial charge in [0.1, 0.15) is 12.4 Å². The molecule has 1 saturated heterocycles. The lowest BCUT2D eigenvalue weighted by Gasteiger charge is -2.31. The van der Waals surface area contributed by atoms with Gasteiger partial charge in [0, 0.05) is 23.9 Å². The minimum absolute atomic E-state index is 0.104. The van der Waals surface area contributed by atoms with Crippen molar-refractivity contribution in [2.24, 2.45) is 5.92 Å². The quantitative estimate of drug-likeness (QED) is 0.637. The van der Waals surface area contributed by atoms with Crippen LogP contribution in [0.3, 0.4) is 0 Å².